The van der Waals surface area contributed by atoms with Crippen molar-refractivity contribution in [3.8, 4) is 0 Å². The quantitative estimate of drug-likeness (QED) is 0.281. The van der Waals surface area contributed by atoms with Gasteiger partial charge in [0, 0.05) is 0 Å². The molecule has 0 heterocycles. The number of hydrogen-bond acceptors (Lipinski definition) is 4. The molecular formula is C4H11BO4. The first kappa shape index (κ1) is 8.90. The number of hydrogen-bond donors (Lipinski definition) is 4. The Balaban J connectivity index is 3.38. The minimum Gasteiger partial charge on any atom is -0.427 e. The van der Waals surface area contributed by atoms with Crippen LogP contribution in [0.5, 0.6) is 0 Å². The van der Waals surface area contributed by atoms with E-state index in [2.05, 4.69) is 0 Å². The minimum atomic E-state index is -1.47. The maximum absolute atomic E-state index is 8.40. The standard InChI is InChI=1S/C4H11BO4/c1-3(5(8)9)2-4(6)7/h3-4,6-9H,2H2,1H3. The van der Waals surface area contributed by atoms with Gasteiger partial charge in [0.25, 0.3) is 0 Å². The second-order valence-corrected chi connectivity index (χ2v) is 2.11. The van der Waals surface area contributed by atoms with Crippen LogP contribution in [-0.4, -0.2) is 33.7 Å². The van der Waals surface area contributed by atoms with Crippen molar-refractivity contribution in [2.45, 2.75) is 25.5 Å². The average Bonchev–Trinajstić information content (AvgIpc) is 1.63. The lowest BCUT2D eigenvalue weighted by molar-refractivity contribution is -0.0467. The Bertz CT molecular complexity index is 75.0. The summed E-state index contributed by atoms with van der Waals surface area (Å²) in [5.41, 5.74) is 0. The maximum atomic E-state index is 8.40. The van der Waals surface area contributed by atoms with E-state index in [-0.39, 0.29) is 6.42 Å². The van der Waals surface area contributed by atoms with Crippen molar-refractivity contribution >= 4 is 7.12 Å². The van der Waals surface area contributed by atoms with Crippen molar-refractivity contribution in [2.24, 2.45) is 0 Å². The molecule has 54 valence electrons. The summed E-state index contributed by atoms with van der Waals surface area (Å²) in [6.45, 7) is 1.52. The van der Waals surface area contributed by atoms with Crippen molar-refractivity contribution in [1.82, 2.24) is 0 Å². The molecule has 0 bridgehead atoms. The van der Waals surface area contributed by atoms with Crippen LogP contribution in [-0.2, 0) is 0 Å². The molecule has 0 amide bonds. The monoisotopic (exact) mass is 134 g/mol. The van der Waals surface area contributed by atoms with Crippen LogP contribution in [0.4, 0.5) is 0 Å². The SMILES string of the molecule is CC(CC(O)O)B(O)O. The molecule has 5 heteroatoms. The molecule has 0 saturated heterocycles. The molecule has 0 aliphatic heterocycles. The van der Waals surface area contributed by atoms with Crippen LogP contribution >= 0.6 is 0 Å². The van der Waals surface area contributed by atoms with Crippen molar-refractivity contribution < 1.29 is 20.3 Å². The van der Waals surface area contributed by atoms with E-state index in [1.165, 1.54) is 6.92 Å². The van der Waals surface area contributed by atoms with Crippen LogP contribution in [0.1, 0.15) is 13.3 Å². The van der Waals surface area contributed by atoms with Gasteiger partial charge in [-0.25, -0.2) is 0 Å². The Morgan fingerprint density at radius 1 is 1.33 bits per heavy atom. The summed E-state index contributed by atoms with van der Waals surface area (Å²) in [6, 6.07) is 0. The summed E-state index contributed by atoms with van der Waals surface area (Å²) in [4.78, 5) is 0. The van der Waals surface area contributed by atoms with Gasteiger partial charge in [0.15, 0.2) is 6.29 Å². The molecule has 0 fully saturated rings. The molecule has 1 atom stereocenters. The van der Waals surface area contributed by atoms with Crippen LogP contribution in [0.15, 0.2) is 0 Å². The molecule has 9 heavy (non-hydrogen) atoms. The van der Waals surface area contributed by atoms with Crippen LogP contribution in [0.25, 0.3) is 0 Å². The molecule has 0 saturated carbocycles. The lowest BCUT2D eigenvalue weighted by atomic mass is 9.72. The molecule has 1 unspecified atom stereocenters. The summed E-state index contributed by atoms with van der Waals surface area (Å²) in [5, 5.41) is 33.4. The summed E-state index contributed by atoms with van der Waals surface area (Å²) in [6.07, 6.45) is -1.47. The second-order valence-electron chi connectivity index (χ2n) is 2.11. The van der Waals surface area contributed by atoms with Crippen LogP contribution in [0.2, 0.25) is 5.82 Å². The third kappa shape index (κ3) is 4.41. The first-order valence-electron chi connectivity index (χ1n) is 2.76. The highest BCUT2D eigenvalue weighted by Crippen LogP contribution is 2.11. The van der Waals surface area contributed by atoms with E-state index in [1.54, 1.807) is 0 Å². The molecule has 0 spiro atoms. The van der Waals surface area contributed by atoms with Crippen molar-refractivity contribution in [2.75, 3.05) is 0 Å². The van der Waals surface area contributed by atoms with E-state index in [0.717, 1.165) is 0 Å². The molecule has 4 N–H and O–H groups in total. The molecule has 0 aromatic heterocycles. The first-order valence-corrected chi connectivity index (χ1v) is 2.76. The molecular weight excluding hydrogens is 123 g/mol. The lowest BCUT2D eigenvalue weighted by Crippen LogP contribution is -2.21. The highest BCUT2D eigenvalue weighted by molar-refractivity contribution is 6.42. The molecule has 0 radical (unpaired) electrons. The van der Waals surface area contributed by atoms with Crippen LogP contribution in [0, 0.1) is 0 Å². The van der Waals surface area contributed by atoms with E-state index in [1.807, 2.05) is 0 Å². The summed E-state index contributed by atoms with van der Waals surface area (Å²) >= 11 is 0. The highest BCUT2D eigenvalue weighted by Gasteiger charge is 2.19. The van der Waals surface area contributed by atoms with Gasteiger partial charge in [0.2, 0.25) is 0 Å². The van der Waals surface area contributed by atoms with E-state index in [0.29, 0.717) is 0 Å². The zero-order valence-electron chi connectivity index (χ0n) is 5.23. The van der Waals surface area contributed by atoms with Crippen molar-refractivity contribution in [3.05, 3.63) is 0 Å². The van der Waals surface area contributed by atoms with E-state index >= 15 is 0 Å². The predicted octanol–water partition coefficient (Wildman–Crippen LogP) is -1.45. The molecule has 0 rings (SSSR count). The number of rotatable bonds is 3. The van der Waals surface area contributed by atoms with E-state index in [4.69, 9.17) is 20.3 Å². The zero-order valence-corrected chi connectivity index (χ0v) is 5.23. The summed E-state index contributed by atoms with van der Waals surface area (Å²) in [5.74, 6) is -0.495. The fraction of sp³-hybridized carbons (Fsp3) is 1.00. The van der Waals surface area contributed by atoms with Gasteiger partial charge in [-0.1, -0.05) is 6.92 Å². The van der Waals surface area contributed by atoms with Gasteiger partial charge in [-0.2, -0.15) is 0 Å². The maximum Gasteiger partial charge on any atom is 0.454 e. The zero-order chi connectivity index (χ0) is 7.44. The van der Waals surface area contributed by atoms with E-state index < -0.39 is 19.2 Å². The second kappa shape index (κ2) is 3.84. The fourth-order valence-electron chi connectivity index (χ4n) is 0.454. The molecule has 4 nitrogen and oxygen atoms in total. The van der Waals surface area contributed by atoms with Gasteiger partial charge in [0.1, 0.15) is 0 Å². The van der Waals surface area contributed by atoms with Gasteiger partial charge in [-0.05, 0) is 12.2 Å². The van der Waals surface area contributed by atoms with Gasteiger partial charge in [-0.3, -0.25) is 0 Å². The third-order valence-electron chi connectivity index (χ3n) is 1.09. The number of aliphatic hydroxyl groups excluding tert-OH is 1. The Morgan fingerprint density at radius 2 is 1.78 bits per heavy atom. The summed E-state index contributed by atoms with van der Waals surface area (Å²) in [7, 11) is -1.47. The minimum absolute atomic E-state index is 0.0162. The van der Waals surface area contributed by atoms with Crippen molar-refractivity contribution in [3.63, 3.8) is 0 Å². The Kier molecular flexibility index (Phi) is 3.80. The first-order chi connectivity index (χ1) is 4.04. The predicted molar refractivity (Wildman–Crippen MR) is 32.5 cm³/mol. The third-order valence-corrected chi connectivity index (χ3v) is 1.09. The van der Waals surface area contributed by atoms with E-state index in [9.17, 15) is 0 Å². The average molecular weight is 134 g/mol. The Morgan fingerprint density at radius 3 is 1.89 bits per heavy atom. The molecule has 0 aromatic rings. The Hall–Kier alpha value is -0.0951. The van der Waals surface area contributed by atoms with Gasteiger partial charge in [0.05, 0.1) is 0 Å². The van der Waals surface area contributed by atoms with Gasteiger partial charge in [-0.15, -0.1) is 0 Å². The number of aliphatic hydroxyl groups is 2. The lowest BCUT2D eigenvalue weighted by Gasteiger charge is -2.09. The van der Waals surface area contributed by atoms with Gasteiger partial charge < -0.3 is 20.3 Å². The highest BCUT2D eigenvalue weighted by atomic mass is 16.5. The largest absolute Gasteiger partial charge is 0.454 e. The van der Waals surface area contributed by atoms with Gasteiger partial charge >= 0.3 is 7.12 Å². The molecule has 0 aliphatic carbocycles. The van der Waals surface area contributed by atoms with Crippen LogP contribution < -0.4 is 0 Å². The molecule has 0 aliphatic rings. The normalized spacial score (nSPS) is 14.0. The van der Waals surface area contributed by atoms with Crippen LogP contribution in [0.3, 0.4) is 0 Å². The van der Waals surface area contributed by atoms with Crippen molar-refractivity contribution in [1.29, 1.82) is 0 Å². The fourth-order valence-corrected chi connectivity index (χ4v) is 0.454. The molecule has 0 aromatic carbocycles. The summed E-state index contributed by atoms with van der Waals surface area (Å²) < 4.78 is 0. The smallest absolute Gasteiger partial charge is 0.427 e. The Labute approximate surface area is 53.9 Å². The topological polar surface area (TPSA) is 80.9 Å².